The van der Waals surface area contributed by atoms with Crippen LogP contribution >= 0.6 is 11.8 Å². The molecule has 29 heavy (non-hydrogen) atoms. The van der Waals surface area contributed by atoms with E-state index in [0.717, 1.165) is 5.75 Å². The third-order valence-electron chi connectivity index (χ3n) is 4.86. The van der Waals surface area contributed by atoms with Crippen molar-refractivity contribution >= 4 is 29.5 Å². The van der Waals surface area contributed by atoms with Crippen molar-refractivity contribution in [3.05, 3.63) is 60.1 Å². The lowest BCUT2D eigenvalue weighted by Gasteiger charge is -2.36. The third kappa shape index (κ3) is 5.41. The summed E-state index contributed by atoms with van der Waals surface area (Å²) in [5.41, 5.74) is 0.649. The number of hydrogen-bond acceptors (Lipinski definition) is 5. The highest BCUT2D eigenvalue weighted by Gasteiger charge is 2.30. The fourth-order valence-corrected chi connectivity index (χ4v) is 3.72. The minimum absolute atomic E-state index is 0.0252. The molecule has 1 N–H and O–H groups in total. The summed E-state index contributed by atoms with van der Waals surface area (Å²) in [5, 5.41) is 2.79. The van der Waals surface area contributed by atoms with Crippen LogP contribution in [0.3, 0.4) is 0 Å². The molecule has 0 bridgehead atoms. The van der Waals surface area contributed by atoms with E-state index in [0.29, 0.717) is 38.2 Å². The van der Waals surface area contributed by atoms with Gasteiger partial charge in [-0.05, 0) is 42.7 Å². The number of nitrogens with zero attached hydrogens (tertiary/aromatic N) is 2. The quantitative estimate of drug-likeness (QED) is 0.749. The number of furan rings is 1. The Morgan fingerprint density at radius 1 is 1.03 bits per heavy atom. The fourth-order valence-electron chi connectivity index (χ4n) is 3.24. The molecule has 0 aliphatic carbocycles. The molecule has 2 aromatic rings. The van der Waals surface area contributed by atoms with E-state index in [1.165, 1.54) is 6.26 Å². The van der Waals surface area contributed by atoms with Gasteiger partial charge in [-0.2, -0.15) is 11.8 Å². The van der Waals surface area contributed by atoms with E-state index in [4.69, 9.17) is 4.42 Å². The first-order valence-corrected chi connectivity index (χ1v) is 11.0. The van der Waals surface area contributed by atoms with Gasteiger partial charge in [-0.25, -0.2) is 0 Å². The van der Waals surface area contributed by atoms with Gasteiger partial charge in [0.1, 0.15) is 6.04 Å². The summed E-state index contributed by atoms with van der Waals surface area (Å²) >= 11 is 1.62. The van der Waals surface area contributed by atoms with Crippen LogP contribution in [0.1, 0.15) is 27.3 Å². The third-order valence-corrected chi connectivity index (χ3v) is 5.50. The maximum absolute atomic E-state index is 13.0. The molecule has 1 aliphatic rings. The molecule has 0 radical (unpaired) electrons. The summed E-state index contributed by atoms with van der Waals surface area (Å²) in [6.07, 6.45) is 3.93. The summed E-state index contributed by atoms with van der Waals surface area (Å²) in [5.74, 6) is 0.396. The maximum Gasteiger partial charge on any atom is 0.287 e. The molecule has 1 aromatic carbocycles. The van der Waals surface area contributed by atoms with Gasteiger partial charge in [-0.1, -0.05) is 18.2 Å². The van der Waals surface area contributed by atoms with Gasteiger partial charge in [0.25, 0.3) is 11.8 Å². The number of carbonyl (C=O) groups is 3. The number of benzene rings is 1. The minimum atomic E-state index is -0.614. The molecular formula is C21H25N3O4S. The van der Waals surface area contributed by atoms with Crippen molar-refractivity contribution in [1.82, 2.24) is 15.1 Å². The average Bonchev–Trinajstić information content (AvgIpc) is 3.31. The van der Waals surface area contributed by atoms with Gasteiger partial charge in [0, 0.05) is 31.7 Å². The largest absolute Gasteiger partial charge is 0.459 e. The second-order valence-electron chi connectivity index (χ2n) is 6.77. The number of thioether (sulfide) groups is 1. The van der Waals surface area contributed by atoms with Crippen molar-refractivity contribution < 1.29 is 18.8 Å². The first-order valence-electron chi connectivity index (χ1n) is 9.56. The maximum atomic E-state index is 13.0. The Kier molecular flexibility index (Phi) is 7.35. The van der Waals surface area contributed by atoms with Crippen LogP contribution in [0, 0.1) is 0 Å². The van der Waals surface area contributed by atoms with Crippen LogP contribution in [0.15, 0.2) is 53.1 Å². The van der Waals surface area contributed by atoms with Crippen molar-refractivity contribution in [2.45, 2.75) is 12.5 Å². The Balaban J connectivity index is 1.58. The highest BCUT2D eigenvalue weighted by molar-refractivity contribution is 7.98. The number of carbonyl (C=O) groups excluding carboxylic acids is 3. The zero-order valence-corrected chi connectivity index (χ0v) is 17.2. The molecule has 0 spiro atoms. The molecular weight excluding hydrogens is 390 g/mol. The molecule has 1 unspecified atom stereocenters. The van der Waals surface area contributed by atoms with Gasteiger partial charge >= 0.3 is 0 Å². The lowest BCUT2D eigenvalue weighted by atomic mass is 10.1. The molecule has 1 aromatic heterocycles. The topological polar surface area (TPSA) is 82.9 Å². The van der Waals surface area contributed by atoms with E-state index in [1.807, 2.05) is 24.5 Å². The minimum Gasteiger partial charge on any atom is -0.459 e. The molecule has 7 nitrogen and oxygen atoms in total. The second-order valence-corrected chi connectivity index (χ2v) is 7.75. The zero-order chi connectivity index (χ0) is 20.6. The van der Waals surface area contributed by atoms with Crippen molar-refractivity contribution in [2.75, 3.05) is 38.2 Å². The Morgan fingerprint density at radius 2 is 1.72 bits per heavy atom. The van der Waals surface area contributed by atoms with E-state index >= 15 is 0 Å². The highest BCUT2D eigenvalue weighted by atomic mass is 32.2. The van der Waals surface area contributed by atoms with Gasteiger partial charge in [0.05, 0.1) is 6.26 Å². The molecule has 3 amide bonds. The van der Waals surface area contributed by atoms with Crippen LogP contribution in [0.2, 0.25) is 0 Å². The van der Waals surface area contributed by atoms with E-state index in [1.54, 1.807) is 45.8 Å². The molecule has 1 aliphatic heterocycles. The van der Waals surface area contributed by atoms with Gasteiger partial charge in [-0.3, -0.25) is 14.4 Å². The molecule has 1 fully saturated rings. The Bertz CT molecular complexity index is 818. The summed E-state index contributed by atoms with van der Waals surface area (Å²) in [7, 11) is 0. The molecule has 8 heteroatoms. The van der Waals surface area contributed by atoms with Crippen molar-refractivity contribution in [1.29, 1.82) is 0 Å². The van der Waals surface area contributed by atoms with Gasteiger partial charge in [0.2, 0.25) is 5.91 Å². The average molecular weight is 416 g/mol. The summed E-state index contributed by atoms with van der Waals surface area (Å²) in [6.45, 7) is 1.84. The lowest BCUT2D eigenvalue weighted by molar-refractivity contribution is -0.134. The molecule has 0 saturated carbocycles. The predicted molar refractivity (Wildman–Crippen MR) is 112 cm³/mol. The van der Waals surface area contributed by atoms with E-state index < -0.39 is 11.9 Å². The molecule has 2 heterocycles. The first-order chi connectivity index (χ1) is 14.1. The van der Waals surface area contributed by atoms with Crippen LogP contribution in [-0.2, 0) is 4.79 Å². The van der Waals surface area contributed by atoms with Gasteiger partial charge in [-0.15, -0.1) is 0 Å². The highest BCUT2D eigenvalue weighted by Crippen LogP contribution is 2.12. The van der Waals surface area contributed by atoms with Crippen molar-refractivity contribution in [3.63, 3.8) is 0 Å². The number of amides is 3. The normalized spacial score (nSPS) is 15.1. The van der Waals surface area contributed by atoms with Crippen molar-refractivity contribution in [3.8, 4) is 0 Å². The smallest absolute Gasteiger partial charge is 0.287 e. The summed E-state index contributed by atoms with van der Waals surface area (Å²) < 4.78 is 5.12. The molecule has 154 valence electrons. The van der Waals surface area contributed by atoms with Crippen LogP contribution in [0.5, 0.6) is 0 Å². The molecule has 1 saturated heterocycles. The van der Waals surface area contributed by atoms with E-state index in [2.05, 4.69) is 5.32 Å². The predicted octanol–water partition coefficient (Wildman–Crippen LogP) is 2.12. The van der Waals surface area contributed by atoms with Gasteiger partial charge < -0.3 is 19.5 Å². The molecule has 3 rings (SSSR count). The van der Waals surface area contributed by atoms with Crippen LogP contribution in [0.25, 0.3) is 0 Å². The Morgan fingerprint density at radius 3 is 2.34 bits per heavy atom. The Labute approximate surface area is 174 Å². The van der Waals surface area contributed by atoms with E-state index in [-0.39, 0.29) is 17.6 Å². The zero-order valence-electron chi connectivity index (χ0n) is 16.4. The second kappa shape index (κ2) is 10.2. The Hall–Kier alpha value is -2.74. The summed E-state index contributed by atoms with van der Waals surface area (Å²) in [4.78, 5) is 41.4. The standard InChI is InChI=1S/C21H25N3O4S/c1-29-15-9-17(22-19(25)18-8-5-14-28-18)21(27)24-12-10-23(11-13-24)20(26)16-6-3-2-4-7-16/h2-8,14,17H,9-13,15H2,1H3,(H,22,25). The fraction of sp³-hybridized carbons (Fsp3) is 0.381. The summed E-state index contributed by atoms with van der Waals surface area (Å²) in [6, 6.07) is 11.7. The number of rotatable bonds is 7. The number of hydrogen-bond donors (Lipinski definition) is 1. The van der Waals surface area contributed by atoms with Crippen LogP contribution in [-0.4, -0.2) is 71.8 Å². The SMILES string of the molecule is CSCCC(NC(=O)c1ccco1)C(=O)N1CCN(C(=O)c2ccccc2)CC1. The molecule has 1 atom stereocenters. The van der Waals surface area contributed by atoms with Crippen LogP contribution in [0.4, 0.5) is 0 Å². The van der Waals surface area contributed by atoms with Crippen LogP contribution < -0.4 is 5.32 Å². The number of piperazine rings is 1. The van der Waals surface area contributed by atoms with Gasteiger partial charge in [0.15, 0.2) is 5.76 Å². The van der Waals surface area contributed by atoms with Crippen molar-refractivity contribution in [2.24, 2.45) is 0 Å². The van der Waals surface area contributed by atoms with E-state index in [9.17, 15) is 14.4 Å². The lowest BCUT2D eigenvalue weighted by Crippen LogP contribution is -2.56. The first kappa shape index (κ1) is 21.0. The monoisotopic (exact) mass is 415 g/mol. The number of nitrogens with one attached hydrogen (secondary N) is 1.